The number of anilines is 2. The van der Waals surface area contributed by atoms with Gasteiger partial charge in [0.25, 0.3) is 0 Å². The van der Waals surface area contributed by atoms with Gasteiger partial charge in [-0.2, -0.15) is 0 Å². The zero-order chi connectivity index (χ0) is 18.4. The molecule has 2 heterocycles. The summed E-state index contributed by atoms with van der Waals surface area (Å²) in [5, 5.41) is 3.86. The highest BCUT2D eigenvalue weighted by Crippen LogP contribution is 2.30. The van der Waals surface area contributed by atoms with Gasteiger partial charge in [-0.25, -0.2) is 4.98 Å². The largest absolute Gasteiger partial charge is 0.360 e. The Morgan fingerprint density at radius 3 is 2.80 bits per heavy atom. The van der Waals surface area contributed by atoms with Crippen LogP contribution < -0.4 is 10.2 Å². The van der Waals surface area contributed by atoms with E-state index in [2.05, 4.69) is 16.4 Å². The van der Waals surface area contributed by atoms with Gasteiger partial charge < -0.3 is 10.2 Å². The molecule has 1 aliphatic rings. The van der Waals surface area contributed by atoms with Gasteiger partial charge in [-0.1, -0.05) is 55.2 Å². The number of aryl methyl sites for hydroxylation is 2. The lowest BCUT2D eigenvalue weighted by Gasteiger charge is -2.31. The van der Waals surface area contributed by atoms with E-state index in [1.807, 2.05) is 37.8 Å². The Morgan fingerprint density at radius 2 is 2.08 bits per heavy atom. The van der Waals surface area contributed by atoms with Crippen molar-refractivity contribution in [3.8, 4) is 0 Å². The van der Waals surface area contributed by atoms with Crippen molar-refractivity contribution >= 4 is 40.6 Å². The molecule has 3 rings (SSSR count). The number of nitrogens with zero attached hydrogens (tertiary/aromatic N) is 2. The maximum atomic E-state index is 12.6. The molecule has 0 unspecified atom stereocenters. The minimum atomic E-state index is 0.00747. The molecule has 0 atom stereocenters. The molecule has 25 heavy (non-hydrogen) atoms. The normalized spacial score (nSPS) is 12.8. The molecule has 1 N–H and O–H groups in total. The Hall–Kier alpha value is -1.78. The van der Waals surface area contributed by atoms with Gasteiger partial charge in [0, 0.05) is 18.4 Å². The molecule has 0 saturated heterocycles. The zero-order valence-electron chi connectivity index (χ0n) is 14.8. The van der Waals surface area contributed by atoms with Crippen LogP contribution in [0.5, 0.6) is 0 Å². The molecule has 2 aromatic rings. The van der Waals surface area contributed by atoms with Crippen LogP contribution >= 0.6 is 23.2 Å². The maximum absolute atomic E-state index is 12.6. The van der Waals surface area contributed by atoms with Crippen molar-refractivity contribution < 1.29 is 4.79 Å². The van der Waals surface area contributed by atoms with Crippen LogP contribution in [0.2, 0.25) is 10.0 Å². The molecule has 1 aliphatic heterocycles. The Labute approximate surface area is 159 Å². The van der Waals surface area contributed by atoms with Crippen molar-refractivity contribution in [3.63, 3.8) is 0 Å². The van der Waals surface area contributed by atoms with Crippen LogP contribution in [0.25, 0.3) is 0 Å². The number of hydrogen-bond acceptors (Lipinski definition) is 3. The summed E-state index contributed by atoms with van der Waals surface area (Å²) in [7, 11) is 0. The Balaban J connectivity index is 0.00000109. The first-order valence-electron chi connectivity index (χ1n) is 8.50. The third-order valence-corrected chi connectivity index (χ3v) is 4.43. The number of amides is 1. The Bertz CT molecular complexity index is 749. The molecule has 0 fully saturated rings. The summed E-state index contributed by atoms with van der Waals surface area (Å²) in [6, 6.07) is 7.77. The summed E-state index contributed by atoms with van der Waals surface area (Å²) in [5.74, 6) is 0.472. The van der Waals surface area contributed by atoms with Crippen LogP contribution in [-0.4, -0.2) is 24.0 Å². The predicted octanol–water partition coefficient (Wildman–Crippen LogP) is 5.11. The smallest absolute Gasteiger partial charge is 0.246 e. The van der Waals surface area contributed by atoms with Gasteiger partial charge in [-0.05, 0) is 37.0 Å². The van der Waals surface area contributed by atoms with Crippen LogP contribution in [0.3, 0.4) is 0 Å². The van der Waals surface area contributed by atoms with Crippen LogP contribution in [0.1, 0.15) is 31.4 Å². The van der Waals surface area contributed by atoms with Crippen molar-refractivity contribution in [3.05, 3.63) is 51.6 Å². The number of benzene rings is 1. The summed E-state index contributed by atoms with van der Waals surface area (Å²) in [4.78, 5) is 18.6. The first-order chi connectivity index (χ1) is 12.1. The number of para-hydroxylation sites is 1. The molecule has 0 spiro atoms. The summed E-state index contributed by atoms with van der Waals surface area (Å²) in [6.45, 7) is 6.91. The second kappa shape index (κ2) is 9.07. The molecular formula is C19H23Cl2N3O. The molecule has 1 amide bonds. The SMILES string of the molecule is CC.Cc1cccc2c1N(C(=O)CNc1ncc(Cl)cc1Cl)CCC2. The van der Waals surface area contributed by atoms with Gasteiger partial charge in [0.2, 0.25) is 5.91 Å². The summed E-state index contributed by atoms with van der Waals surface area (Å²) < 4.78 is 0. The standard InChI is InChI=1S/C17H17Cl2N3O.C2H6/c1-11-4-2-5-12-6-3-7-22(16(11)12)15(23)10-21-17-14(19)8-13(18)9-20-17;1-2/h2,4-5,8-9H,3,6-7,10H2,1H3,(H,20,21);1-2H3. The molecule has 0 radical (unpaired) electrons. The van der Waals surface area contributed by atoms with Crippen LogP contribution in [0, 0.1) is 6.92 Å². The predicted molar refractivity (Wildman–Crippen MR) is 106 cm³/mol. The summed E-state index contributed by atoms with van der Waals surface area (Å²) in [5.41, 5.74) is 3.39. The van der Waals surface area contributed by atoms with E-state index >= 15 is 0 Å². The fourth-order valence-corrected chi connectivity index (χ4v) is 3.34. The fourth-order valence-electron chi connectivity index (χ4n) is 2.90. The van der Waals surface area contributed by atoms with Crippen LogP contribution in [0.15, 0.2) is 30.5 Å². The molecule has 0 saturated carbocycles. The first-order valence-corrected chi connectivity index (χ1v) is 9.25. The number of carbonyl (C=O) groups excluding carboxylic acids is 1. The molecule has 1 aromatic carbocycles. The number of carbonyl (C=O) groups is 1. The monoisotopic (exact) mass is 379 g/mol. The van der Waals surface area contributed by atoms with Crippen molar-refractivity contribution in [1.29, 1.82) is 0 Å². The lowest BCUT2D eigenvalue weighted by atomic mass is 9.98. The van der Waals surface area contributed by atoms with E-state index in [1.54, 1.807) is 6.07 Å². The van der Waals surface area contributed by atoms with Gasteiger partial charge >= 0.3 is 0 Å². The van der Waals surface area contributed by atoms with Crippen molar-refractivity contribution in [2.75, 3.05) is 23.3 Å². The van der Waals surface area contributed by atoms with Gasteiger partial charge in [0.05, 0.1) is 16.6 Å². The van der Waals surface area contributed by atoms with Crippen LogP contribution in [-0.2, 0) is 11.2 Å². The van der Waals surface area contributed by atoms with E-state index in [0.717, 1.165) is 30.6 Å². The topological polar surface area (TPSA) is 45.2 Å². The van der Waals surface area contributed by atoms with Gasteiger partial charge in [0.15, 0.2) is 0 Å². The Kier molecular flexibility index (Phi) is 7.09. The second-order valence-electron chi connectivity index (χ2n) is 5.57. The van der Waals surface area contributed by atoms with E-state index in [4.69, 9.17) is 23.2 Å². The van der Waals surface area contributed by atoms with E-state index < -0.39 is 0 Å². The number of halogens is 2. The first kappa shape index (κ1) is 19.5. The third kappa shape index (κ3) is 4.65. The van der Waals surface area contributed by atoms with Crippen molar-refractivity contribution in [2.24, 2.45) is 0 Å². The number of hydrogen-bond donors (Lipinski definition) is 1. The van der Waals surface area contributed by atoms with E-state index in [0.29, 0.717) is 15.9 Å². The van der Waals surface area contributed by atoms with Crippen molar-refractivity contribution in [1.82, 2.24) is 4.98 Å². The lowest BCUT2D eigenvalue weighted by molar-refractivity contribution is -0.117. The molecular weight excluding hydrogens is 357 g/mol. The molecule has 6 heteroatoms. The van der Waals surface area contributed by atoms with E-state index in [1.165, 1.54) is 11.8 Å². The molecule has 134 valence electrons. The van der Waals surface area contributed by atoms with Gasteiger partial charge in [-0.15, -0.1) is 0 Å². The minimum Gasteiger partial charge on any atom is -0.360 e. The quantitative estimate of drug-likeness (QED) is 0.805. The average molecular weight is 380 g/mol. The lowest BCUT2D eigenvalue weighted by Crippen LogP contribution is -2.39. The highest BCUT2D eigenvalue weighted by atomic mass is 35.5. The average Bonchev–Trinajstić information content (AvgIpc) is 2.62. The molecule has 0 bridgehead atoms. The highest BCUT2D eigenvalue weighted by Gasteiger charge is 2.23. The number of nitrogens with one attached hydrogen (secondary N) is 1. The zero-order valence-corrected chi connectivity index (χ0v) is 16.3. The third-order valence-electron chi connectivity index (χ3n) is 3.93. The number of rotatable bonds is 3. The Morgan fingerprint density at radius 1 is 1.32 bits per heavy atom. The second-order valence-corrected chi connectivity index (χ2v) is 6.41. The van der Waals surface area contributed by atoms with Crippen LogP contribution in [0.4, 0.5) is 11.5 Å². The minimum absolute atomic E-state index is 0.00747. The van der Waals surface area contributed by atoms with E-state index in [9.17, 15) is 4.79 Å². The number of fused-ring (bicyclic) bond motifs is 1. The number of pyridine rings is 1. The molecule has 1 aromatic heterocycles. The molecule has 4 nitrogen and oxygen atoms in total. The van der Waals surface area contributed by atoms with Gasteiger partial charge in [-0.3, -0.25) is 4.79 Å². The number of aromatic nitrogens is 1. The van der Waals surface area contributed by atoms with Crippen molar-refractivity contribution in [2.45, 2.75) is 33.6 Å². The van der Waals surface area contributed by atoms with Gasteiger partial charge in [0.1, 0.15) is 5.82 Å². The summed E-state index contributed by atoms with van der Waals surface area (Å²) in [6.07, 6.45) is 3.49. The van der Waals surface area contributed by atoms with E-state index in [-0.39, 0.29) is 12.5 Å². The molecule has 0 aliphatic carbocycles. The summed E-state index contributed by atoms with van der Waals surface area (Å²) >= 11 is 11.9. The highest BCUT2D eigenvalue weighted by molar-refractivity contribution is 6.36. The fraction of sp³-hybridized carbons (Fsp3) is 0.368. The maximum Gasteiger partial charge on any atom is 0.246 e.